The molecule has 1 aromatic heterocycles. The number of nitrogens with one attached hydrogen (secondary N) is 1. The van der Waals surface area contributed by atoms with Crippen LogP contribution in [-0.4, -0.2) is 51.5 Å². The first-order valence-electron chi connectivity index (χ1n) is 9.37. The zero-order valence-corrected chi connectivity index (χ0v) is 18.1. The third-order valence-electron chi connectivity index (χ3n) is 4.51. The predicted molar refractivity (Wildman–Crippen MR) is 112 cm³/mol. The van der Waals surface area contributed by atoms with Gasteiger partial charge < -0.3 is 15.2 Å². The van der Waals surface area contributed by atoms with Crippen molar-refractivity contribution < 1.29 is 19.4 Å². The lowest BCUT2D eigenvalue weighted by molar-refractivity contribution is -0.119. The fraction of sp³-hybridized carbons (Fsp3) is 0.500. The van der Waals surface area contributed by atoms with Crippen LogP contribution in [0.25, 0.3) is 10.9 Å². The number of hydrogen-bond donors (Lipinski definition) is 2. The molecule has 0 radical (unpaired) electrons. The molecule has 2 aromatic rings. The van der Waals surface area contributed by atoms with E-state index in [9.17, 15) is 19.5 Å². The number of fused-ring (bicyclic) bond motifs is 1. The zero-order chi connectivity index (χ0) is 21.7. The van der Waals surface area contributed by atoms with Crippen LogP contribution in [0.1, 0.15) is 38.1 Å². The van der Waals surface area contributed by atoms with E-state index in [2.05, 4.69) is 10.3 Å². The molecule has 2 rings (SSSR count). The van der Waals surface area contributed by atoms with Gasteiger partial charge in [-0.2, -0.15) is 0 Å². The van der Waals surface area contributed by atoms with Crippen molar-refractivity contribution in [3.63, 3.8) is 0 Å². The number of ether oxygens (including phenoxy) is 1. The Bertz CT molecular complexity index is 955. The molecule has 0 unspecified atom stereocenters. The molecule has 1 amide bonds. The summed E-state index contributed by atoms with van der Waals surface area (Å²) in [6.07, 6.45) is -0.768. The Kier molecular flexibility index (Phi) is 7.80. The number of amides is 1. The van der Waals surface area contributed by atoms with E-state index < -0.39 is 12.1 Å². The molecule has 158 valence electrons. The molecule has 2 N–H and O–H groups in total. The largest absolute Gasteiger partial charge is 0.465 e. The summed E-state index contributed by atoms with van der Waals surface area (Å²) in [5.74, 6) is -0.325. The summed E-state index contributed by atoms with van der Waals surface area (Å²) in [7, 11) is 1.28. The van der Waals surface area contributed by atoms with E-state index in [0.717, 1.165) is 11.8 Å². The summed E-state index contributed by atoms with van der Waals surface area (Å²) in [6, 6.07) is 4.52. The Morgan fingerprint density at radius 2 is 1.97 bits per heavy atom. The van der Waals surface area contributed by atoms with Crippen LogP contribution in [0.2, 0.25) is 0 Å². The summed E-state index contributed by atoms with van der Waals surface area (Å²) in [6.45, 7) is 7.58. The number of thioether (sulfide) groups is 1. The molecule has 2 atom stereocenters. The third kappa shape index (κ3) is 5.80. The molecule has 0 aliphatic rings. The minimum absolute atomic E-state index is 0.0231. The van der Waals surface area contributed by atoms with Crippen molar-refractivity contribution >= 4 is 34.5 Å². The van der Waals surface area contributed by atoms with Crippen molar-refractivity contribution in [3.05, 3.63) is 34.1 Å². The van der Waals surface area contributed by atoms with Crippen LogP contribution in [0.15, 0.2) is 28.2 Å². The highest BCUT2D eigenvalue weighted by Gasteiger charge is 2.17. The Hall–Kier alpha value is -2.39. The van der Waals surface area contributed by atoms with E-state index >= 15 is 0 Å². The second-order valence-corrected chi connectivity index (χ2v) is 8.21. The number of hydrogen-bond acceptors (Lipinski definition) is 7. The van der Waals surface area contributed by atoms with E-state index in [1.807, 2.05) is 20.8 Å². The number of aliphatic hydroxyl groups is 1. The maximum Gasteiger partial charge on any atom is 0.337 e. The number of carbonyl (C=O) groups is 2. The first-order chi connectivity index (χ1) is 13.6. The number of esters is 1. The first kappa shape index (κ1) is 22.9. The summed E-state index contributed by atoms with van der Waals surface area (Å²) in [5.41, 5.74) is 0.267. The van der Waals surface area contributed by atoms with Gasteiger partial charge in [0.25, 0.3) is 5.56 Å². The highest BCUT2D eigenvalue weighted by molar-refractivity contribution is 7.99. The van der Waals surface area contributed by atoms with Gasteiger partial charge in [0.2, 0.25) is 5.91 Å². The SMILES string of the molecule is COC(=O)c1ccc2c(=O)n(C[C@@H](C)O)c(SCC(=O)N[C@H](C)C(C)C)nc2c1. The molecule has 1 aromatic carbocycles. The van der Waals surface area contributed by atoms with Crippen molar-refractivity contribution in [2.45, 2.75) is 51.5 Å². The highest BCUT2D eigenvalue weighted by Crippen LogP contribution is 2.20. The fourth-order valence-corrected chi connectivity index (χ4v) is 3.39. The normalized spacial score (nSPS) is 13.3. The number of nitrogens with zero attached hydrogens (tertiary/aromatic N) is 2. The summed E-state index contributed by atoms with van der Waals surface area (Å²) < 4.78 is 6.07. The van der Waals surface area contributed by atoms with Gasteiger partial charge in [0.15, 0.2) is 5.16 Å². The lowest BCUT2D eigenvalue weighted by atomic mass is 10.1. The molecule has 0 fully saturated rings. The standard InChI is InChI=1S/C20H27N3O5S/c1-11(2)13(4)21-17(25)10-29-20-22-16-8-14(19(27)28-5)6-7-15(16)18(26)23(20)9-12(3)24/h6-8,11-13,24H,9-10H2,1-5H3,(H,21,25)/t12-,13-/m1/s1. The summed E-state index contributed by atoms with van der Waals surface area (Å²) in [4.78, 5) is 41.4. The molecule has 0 bridgehead atoms. The molecule has 29 heavy (non-hydrogen) atoms. The van der Waals surface area contributed by atoms with Crippen LogP contribution < -0.4 is 10.9 Å². The number of benzene rings is 1. The van der Waals surface area contributed by atoms with Gasteiger partial charge in [0, 0.05) is 6.04 Å². The van der Waals surface area contributed by atoms with Gasteiger partial charge in [-0.15, -0.1) is 0 Å². The number of carbonyl (C=O) groups excluding carboxylic acids is 2. The van der Waals surface area contributed by atoms with Crippen LogP contribution in [0.4, 0.5) is 0 Å². The Balaban J connectivity index is 2.40. The third-order valence-corrected chi connectivity index (χ3v) is 5.49. The van der Waals surface area contributed by atoms with Crippen LogP contribution in [0, 0.1) is 5.92 Å². The van der Waals surface area contributed by atoms with Crippen molar-refractivity contribution in [2.75, 3.05) is 12.9 Å². The molecule has 8 nitrogen and oxygen atoms in total. The number of aromatic nitrogens is 2. The second-order valence-electron chi connectivity index (χ2n) is 7.27. The summed E-state index contributed by atoms with van der Waals surface area (Å²) >= 11 is 1.11. The Morgan fingerprint density at radius 1 is 1.28 bits per heavy atom. The minimum Gasteiger partial charge on any atom is -0.465 e. The van der Waals surface area contributed by atoms with Gasteiger partial charge in [-0.1, -0.05) is 25.6 Å². The predicted octanol–water partition coefficient (Wildman–Crippen LogP) is 1.82. The van der Waals surface area contributed by atoms with Crippen molar-refractivity contribution in [1.82, 2.24) is 14.9 Å². The van der Waals surface area contributed by atoms with E-state index in [1.165, 1.54) is 29.9 Å². The molecule has 1 heterocycles. The fourth-order valence-electron chi connectivity index (χ4n) is 2.57. The molecular weight excluding hydrogens is 394 g/mol. The monoisotopic (exact) mass is 421 g/mol. The van der Waals surface area contributed by atoms with Gasteiger partial charge in [-0.25, -0.2) is 9.78 Å². The van der Waals surface area contributed by atoms with Crippen molar-refractivity contribution in [1.29, 1.82) is 0 Å². The zero-order valence-electron chi connectivity index (χ0n) is 17.3. The number of methoxy groups -OCH3 is 1. The van der Waals surface area contributed by atoms with E-state index in [0.29, 0.717) is 22.0 Å². The van der Waals surface area contributed by atoms with Gasteiger partial charge in [-0.3, -0.25) is 14.2 Å². The first-order valence-corrected chi connectivity index (χ1v) is 10.4. The van der Waals surface area contributed by atoms with E-state index in [-0.39, 0.29) is 35.4 Å². The van der Waals surface area contributed by atoms with Crippen LogP contribution in [-0.2, 0) is 16.1 Å². The topological polar surface area (TPSA) is 111 Å². The van der Waals surface area contributed by atoms with E-state index in [1.54, 1.807) is 6.92 Å². The van der Waals surface area contributed by atoms with Crippen molar-refractivity contribution in [3.8, 4) is 0 Å². The lowest BCUT2D eigenvalue weighted by Gasteiger charge is -2.18. The van der Waals surface area contributed by atoms with Crippen LogP contribution in [0.5, 0.6) is 0 Å². The average molecular weight is 422 g/mol. The Morgan fingerprint density at radius 3 is 2.55 bits per heavy atom. The second kappa shape index (κ2) is 9.89. The average Bonchev–Trinajstić information content (AvgIpc) is 2.67. The van der Waals surface area contributed by atoms with Gasteiger partial charge in [0.05, 0.1) is 42.0 Å². The molecule has 0 spiro atoms. The maximum absolute atomic E-state index is 12.9. The van der Waals surface area contributed by atoms with Gasteiger partial charge >= 0.3 is 5.97 Å². The molecule has 0 aliphatic heterocycles. The number of rotatable bonds is 8. The molecular formula is C20H27N3O5S. The van der Waals surface area contributed by atoms with Crippen LogP contribution >= 0.6 is 11.8 Å². The highest BCUT2D eigenvalue weighted by atomic mass is 32.2. The number of aliphatic hydroxyl groups excluding tert-OH is 1. The van der Waals surface area contributed by atoms with Gasteiger partial charge in [0.1, 0.15) is 0 Å². The van der Waals surface area contributed by atoms with Gasteiger partial charge in [-0.05, 0) is 38.0 Å². The van der Waals surface area contributed by atoms with E-state index in [4.69, 9.17) is 4.74 Å². The molecule has 0 aliphatic carbocycles. The molecule has 0 saturated heterocycles. The molecule has 9 heteroatoms. The molecule has 0 saturated carbocycles. The summed E-state index contributed by atoms with van der Waals surface area (Å²) in [5, 5.41) is 13.3. The smallest absolute Gasteiger partial charge is 0.337 e. The lowest BCUT2D eigenvalue weighted by Crippen LogP contribution is -2.37. The van der Waals surface area contributed by atoms with Crippen molar-refractivity contribution in [2.24, 2.45) is 5.92 Å². The quantitative estimate of drug-likeness (QED) is 0.380. The Labute approximate surface area is 173 Å². The maximum atomic E-state index is 12.9. The van der Waals surface area contributed by atoms with Crippen LogP contribution in [0.3, 0.4) is 0 Å². The minimum atomic E-state index is -0.768.